The first kappa shape index (κ1) is 14.0. The summed E-state index contributed by atoms with van der Waals surface area (Å²) in [4.78, 5) is 0. The summed E-state index contributed by atoms with van der Waals surface area (Å²) < 4.78 is 10.6. The van der Waals surface area contributed by atoms with Crippen LogP contribution in [0.4, 0.5) is 0 Å². The van der Waals surface area contributed by atoms with E-state index in [0.29, 0.717) is 0 Å². The predicted octanol–water partition coefficient (Wildman–Crippen LogP) is 2.38. The summed E-state index contributed by atoms with van der Waals surface area (Å²) in [5.74, 6) is 0.886. The van der Waals surface area contributed by atoms with E-state index in [1.54, 1.807) is 7.11 Å². The third-order valence-corrected chi connectivity index (χ3v) is 2.61. The van der Waals surface area contributed by atoms with Gasteiger partial charge >= 0.3 is 0 Å². The van der Waals surface area contributed by atoms with Crippen molar-refractivity contribution in [1.82, 2.24) is 0 Å². The summed E-state index contributed by atoms with van der Waals surface area (Å²) in [6.45, 7) is 3.68. The Labute approximate surface area is 104 Å². The van der Waals surface area contributed by atoms with Gasteiger partial charge in [-0.2, -0.15) is 0 Å². The standard InChI is InChI=1S/C14H23NO2/c1-3-8-17-9-7-13(15)10-12-5-4-6-14(11-12)16-2/h4-6,11,13H,3,7-10,15H2,1-2H3. The van der Waals surface area contributed by atoms with E-state index in [1.807, 2.05) is 18.2 Å². The fourth-order valence-electron chi connectivity index (χ4n) is 1.69. The van der Waals surface area contributed by atoms with Gasteiger partial charge in [-0.25, -0.2) is 0 Å². The Balaban J connectivity index is 2.31. The average Bonchev–Trinajstić information content (AvgIpc) is 2.35. The monoisotopic (exact) mass is 237 g/mol. The molecular weight excluding hydrogens is 214 g/mol. The minimum Gasteiger partial charge on any atom is -0.497 e. The van der Waals surface area contributed by atoms with Crippen molar-refractivity contribution >= 4 is 0 Å². The van der Waals surface area contributed by atoms with Crippen LogP contribution in [0.5, 0.6) is 5.75 Å². The molecule has 17 heavy (non-hydrogen) atoms. The van der Waals surface area contributed by atoms with E-state index in [0.717, 1.165) is 38.2 Å². The van der Waals surface area contributed by atoms with Gasteiger partial charge in [0.05, 0.1) is 7.11 Å². The van der Waals surface area contributed by atoms with E-state index in [9.17, 15) is 0 Å². The third-order valence-electron chi connectivity index (χ3n) is 2.61. The van der Waals surface area contributed by atoms with E-state index in [2.05, 4.69) is 13.0 Å². The zero-order valence-electron chi connectivity index (χ0n) is 10.8. The van der Waals surface area contributed by atoms with Crippen LogP contribution in [0, 0.1) is 0 Å². The molecule has 0 heterocycles. The Kier molecular flexibility index (Phi) is 6.67. The van der Waals surface area contributed by atoms with Crippen LogP contribution in [0.15, 0.2) is 24.3 Å². The lowest BCUT2D eigenvalue weighted by molar-refractivity contribution is 0.127. The second-order valence-corrected chi connectivity index (χ2v) is 4.22. The van der Waals surface area contributed by atoms with Crippen LogP contribution in [0.1, 0.15) is 25.3 Å². The number of methoxy groups -OCH3 is 1. The lowest BCUT2D eigenvalue weighted by Crippen LogP contribution is -2.24. The van der Waals surface area contributed by atoms with Gasteiger partial charge in [-0.3, -0.25) is 0 Å². The van der Waals surface area contributed by atoms with Gasteiger partial charge in [0.15, 0.2) is 0 Å². The molecule has 1 aromatic carbocycles. The topological polar surface area (TPSA) is 44.5 Å². The summed E-state index contributed by atoms with van der Waals surface area (Å²) >= 11 is 0. The molecule has 0 amide bonds. The SMILES string of the molecule is CCCOCCC(N)Cc1cccc(OC)c1. The maximum atomic E-state index is 6.06. The highest BCUT2D eigenvalue weighted by molar-refractivity contribution is 5.28. The van der Waals surface area contributed by atoms with Crippen LogP contribution in [0.25, 0.3) is 0 Å². The number of ether oxygens (including phenoxy) is 2. The molecule has 0 aliphatic rings. The van der Waals surface area contributed by atoms with Gasteiger partial charge in [0, 0.05) is 19.3 Å². The molecule has 1 rings (SSSR count). The Morgan fingerprint density at radius 2 is 2.12 bits per heavy atom. The molecule has 0 aromatic heterocycles. The lowest BCUT2D eigenvalue weighted by Gasteiger charge is -2.12. The summed E-state index contributed by atoms with van der Waals surface area (Å²) in [6.07, 6.45) is 2.83. The van der Waals surface area contributed by atoms with Gasteiger partial charge in [-0.05, 0) is 37.0 Å². The molecule has 0 radical (unpaired) electrons. The number of hydrogen-bond donors (Lipinski definition) is 1. The molecule has 0 saturated carbocycles. The molecule has 96 valence electrons. The van der Waals surface area contributed by atoms with Crippen molar-refractivity contribution in [3.8, 4) is 5.75 Å². The second kappa shape index (κ2) is 8.09. The van der Waals surface area contributed by atoms with Gasteiger partial charge in [-0.15, -0.1) is 0 Å². The molecule has 0 spiro atoms. The molecule has 0 aliphatic heterocycles. The van der Waals surface area contributed by atoms with Crippen molar-refractivity contribution in [3.63, 3.8) is 0 Å². The Morgan fingerprint density at radius 1 is 1.29 bits per heavy atom. The van der Waals surface area contributed by atoms with Crippen molar-refractivity contribution in [1.29, 1.82) is 0 Å². The third kappa shape index (κ3) is 5.71. The molecule has 1 aromatic rings. The second-order valence-electron chi connectivity index (χ2n) is 4.22. The van der Waals surface area contributed by atoms with Crippen molar-refractivity contribution < 1.29 is 9.47 Å². The Morgan fingerprint density at radius 3 is 2.82 bits per heavy atom. The van der Waals surface area contributed by atoms with Crippen molar-refractivity contribution in [2.24, 2.45) is 5.73 Å². The smallest absolute Gasteiger partial charge is 0.119 e. The van der Waals surface area contributed by atoms with E-state index < -0.39 is 0 Å². The molecular formula is C14H23NO2. The highest BCUT2D eigenvalue weighted by atomic mass is 16.5. The summed E-state index contributed by atoms with van der Waals surface area (Å²) in [6, 6.07) is 8.20. The predicted molar refractivity (Wildman–Crippen MR) is 70.4 cm³/mol. The molecule has 3 nitrogen and oxygen atoms in total. The first-order valence-corrected chi connectivity index (χ1v) is 6.22. The largest absolute Gasteiger partial charge is 0.497 e. The van der Waals surface area contributed by atoms with E-state index >= 15 is 0 Å². The fourth-order valence-corrected chi connectivity index (χ4v) is 1.69. The van der Waals surface area contributed by atoms with Crippen LogP contribution in [-0.2, 0) is 11.2 Å². The number of nitrogens with two attached hydrogens (primary N) is 1. The first-order chi connectivity index (χ1) is 8.26. The molecule has 2 N–H and O–H groups in total. The Bertz CT molecular complexity index is 315. The summed E-state index contributed by atoms with van der Waals surface area (Å²) in [5, 5.41) is 0. The normalized spacial score (nSPS) is 12.4. The maximum Gasteiger partial charge on any atom is 0.119 e. The molecule has 0 aliphatic carbocycles. The van der Waals surface area contributed by atoms with Crippen LogP contribution >= 0.6 is 0 Å². The Hall–Kier alpha value is -1.06. The molecule has 3 heteroatoms. The number of hydrogen-bond acceptors (Lipinski definition) is 3. The zero-order chi connectivity index (χ0) is 12.5. The minimum absolute atomic E-state index is 0.152. The quantitative estimate of drug-likeness (QED) is 0.706. The van der Waals surface area contributed by atoms with E-state index in [-0.39, 0.29) is 6.04 Å². The van der Waals surface area contributed by atoms with Gasteiger partial charge in [0.2, 0.25) is 0 Å². The van der Waals surface area contributed by atoms with Crippen LogP contribution in [0.2, 0.25) is 0 Å². The van der Waals surface area contributed by atoms with Crippen molar-refractivity contribution in [3.05, 3.63) is 29.8 Å². The summed E-state index contributed by atoms with van der Waals surface area (Å²) in [5.41, 5.74) is 7.27. The highest BCUT2D eigenvalue weighted by Gasteiger charge is 2.05. The van der Waals surface area contributed by atoms with Gasteiger partial charge in [0.25, 0.3) is 0 Å². The van der Waals surface area contributed by atoms with Gasteiger partial charge < -0.3 is 15.2 Å². The lowest BCUT2D eigenvalue weighted by atomic mass is 10.0. The van der Waals surface area contributed by atoms with Crippen LogP contribution in [-0.4, -0.2) is 26.4 Å². The molecule has 0 bridgehead atoms. The van der Waals surface area contributed by atoms with Gasteiger partial charge in [0.1, 0.15) is 5.75 Å². The summed E-state index contributed by atoms with van der Waals surface area (Å²) in [7, 11) is 1.68. The number of rotatable bonds is 8. The average molecular weight is 237 g/mol. The highest BCUT2D eigenvalue weighted by Crippen LogP contribution is 2.14. The molecule has 0 saturated heterocycles. The fraction of sp³-hybridized carbons (Fsp3) is 0.571. The van der Waals surface area contributed by atoms with Crippen LogP contribution in [0.3, 0.4) is 0 Å². The first-order valence-electron chi connectivity index (χ1n) is 6.22. The van der Waals surface area contributed by atoms with Crippen molar-refractivity contribution in [2.75, 3.05) is 20.3 Å². The maximum absolute atomic E-state index is 6.06. The molecule has 1 atom stereocenters. The van der Waals surface area contributed by atoms with Crippen molar-refractivity contribution in [2.45, 2.75) is 32.2 Å². The van der Waals surface area contributed by atoms with Crippen LogP contribution < -0.4 is 10.5 Å². The van der Waals surface area contributed by atoms with E-state index in [4.69, 9.17) is 15.2 Å². The number of benzene rings is 1. The zero-order valence-corrected chi connectivity index (χ0v) is 10.8. The van der Waals surface area contributed by atoms with E-state index in [1.165, 1.54) is 5.56 Å². The van der Waals surface area contributed by atoms with Gasteiger partial charge in [-0.1, -0.05) is 19.1 Å². The molecule has 0 fully saturated rings. The minimum atomic E-state index is 0.152. The molecule has 1 unspecified atom stereocenters.